The number of hydrogen-bond donors (Lipinski definition) is 0. The van der Waals surface area contributed by atoms with Crippen molar-refractivity contribution < 1.29 is 4.79 Å². The molecule has 2 aromatic rings. The molecule has 0 spiro atoms. The molecule has 0 atom stereocenters. The number of hydrogen-bond acceptors (Lipinski definition) is 2. The fourth-order valence-corrected chi connectivity index (χ4v) is 3.39. The fraction of sp³-hybridized carbons (Fsp3) is 0.474. The van der Waals surface area contributed by atoms with Crippen LogP contribution in [0, 0.1) is 27.7 Å². The van der Waals surface area contributed by atoms with E-state index in [9.17, 15) is 4.79 Å². The van der Waals surface area contributed by atoms with Gasteiger partial charge in [0.2, 0.25) is 0 Å². The van der Waals surface area contributed by atoms with Crippen molar-refractivity contribution >= 4 is 5.91 Å². The van der Waals surface area contributed by atoms with Gasteiger partial charge in [-0.15, -0.1) is 0 Å². The van der Waals surface area contributed by atoms with E-state index >= 15 is 0 Å². The highest BCUT2D eigenvalue weighted by atomic mass is 16.2. The van der Waals surface area contributed by atoms with Crippen LogP contribution in [0.3, 0.4) is 0 Å². The molecule has 1 aliphatic rings. The Labute approximate surface area is 138 Å². The molecule has 4 nitrogen and oxygen atoms in total. The molecule has 1 saturated heterocycles. The van der Waals surface area contributed by atoms with Crippen LogP contribution in [0.4, 0.5) is 0 Å². The number of likely N-dealkylation sites (tertiary alicyclic amines) is 1. The highest BCUT2D eigenvalue weighted by Crippen LogP contribution is 2.25. The second-order valence-electron chi connectivity index (χ2n) is 6.69. The molecule has 0 saturated carbocycles. The summed E-state index contributed by atoms with van der Waals surface area (Å²) >= 11 is 0. The van der Waals surface area contributed by atoms with Crippen molar-refractivity contribution in [2.75, 3.05) is 13.1 Å². The van der Waals surface area contributed by atoms with Crippen molar-refractivity contribution in [3.05, 3.63) is 52.3 Å². The lowest BCUT2D eigenvalue weighted by Crippen LogP contribution is -2.39. The van der Waals surface area contributed by atoms with E-state index in [0.717, 1.165) is 37.2 Å². The third-order valence-electron chi connectivity index (χ3n) is 4.90. The quantitative estimate of drug-likeness (QED) is 0.850. The first-order valence-electron chi connectivity index (χ1n) is 8.35. The third kappa shape index (κ3) is 3.16. The standard InChI is InChI=1S/C19H25N3O/c1-13-5-6-17(11-14(13)2)19(23)21-9-7-18(8-10-21)22-16(4)12-15(3)20-22/h5-6,11-12,18H,7-10H2,1-4H3. The van der Waals surface area contributed by atoms with E-state index in [4.69, 9.17) is 0 Å². The van der Waals surface area contributed by atoms with E-state index in [1.807, 2.05) is 30.0 Å². The van der Waals surface area contributed by atoms with Gasteiger partial charge in [0.05, 0.1) is 11.7 Å². The molecule has 1 aromatic heterocycles. The maximum atomic E-state index is 12.7. The second-order valence-corrected chi connectivity index (χ2v) is 6.69. The van der Waals surface area contributed by atoms with Gasteiger partial charge in [-0.2, -0.15) is 5.10 Å². The third-order valence-corrected chi connectivity index (χ3v) is 4.90. The minimum Gasteiger partial charge on any atom is -0.338 e. The second kappa shape index (κ2) is 6.19. The van der Waals surface area contributed by atoms with Crippen LogP contribution in [0.25, 0.3) is 0 Å². The topological polar surface area (TPSA) is 38.1 Å². The number of aromatic nitrogens is 2. The summed E-state index contributed by atoms with van der Waals surface area (Å²) in [7, 11) is 0. The van der Waals surface area contributed by atoms with E-state index in [1.165, 1.54) is 16.8 Å². The summed E-state index contributed by atoms with van der Waals surface area (Å²) < 4.78 is 2.13. The zero-order valence-electron chi connectivity index (χ0n) is 14.5. The molecular weight excluding hydrogens is 286 g/mol. The summed E-state index contributed by atoms with van der Waals surface area (Å²) in [5.41, 5.74) is 5.48. The molecule has 1 fully saturated rings. The zero-order valence-corrected chi connectivity index (χ0v) is 14.5. The van der Waals surface area contributed by atoms with Gasteiger partial charge in [0, 0.05) is 24.3 Å². The number of piperidine rings is 1. The van der Waals surface area contributed by atoms with Gasteiger partial charge in [-0.05, 0) is 69.9 Å². The normalized spacial score (nSPS) is 15.9. The van der Waals surface area contributed by atoms with Crippen molar-refractivity contribution in [2.24, 2.45) is 0 Å². The Balaban J connectivity index is 1.67. The van der Waals surface area contributed by atoms with E-state index in [1.54, 1.807) is 0 Å². The molecule has 2 heterocycles. The van der Waals surface area contributed by atoms with Gasteiger partial charge in [-0.1, -0.05) is 6.07 Å². The molecular formula is C19H25N3O. The van der Waals surface area contributed by atoms with Crippen molar-refractivity contribution in [1.82, 2.24) is 14.7 Å². The van der Waals surface area contributed by atoms with Crippen LogP contribution in [0.5, 0.6) is 0 Å². The predicted molar refractivity (Wildman–Crippen MR) is 91.8 cm³/mol. The molecule has 0 bridgehead atoms. The molecule has 0 radical (unpaired) electrons. The van der Waals surface area contributed by atoms with E-state index in [2.05, 4.69) is 36.6 Å². The molecule has 1 aromatic carbocycles. The number of rotatable bonds is 2. The Bertz CT molecular complexity index is 724. The average molecular weight is 311 g/mol. The van der Waals surface area contributed by atoms with Crippen molar-refractivity contribution in [3.63, 3.8) is 0 Å². The monoisotopic (exact) mass is 311 g/mol. The van der Waals surface area contributed by atoms with Crippen LogP contribution in [0.1, 0.15) is 51.8 Å². The molecule has 3 rings (SSSR count). The number of nitrogens with zero attached hydrogens (tertiary/aromatic N) is 3. The molecule has 1 amide bonds. The molecule has 1 aliphatic heterocycles. The van der Waals surface area contributed by atoms with E-state index < -0.39 is 0 Å². The molecule has 122 valence electrons. The van der Waals surface area contributed by atoms with Gasteiger partial charge in [0.1, 0.15) is 0 Å². The maximum Gasteiger partial charge on any atom is 0.253 e. The summed E-state index contributed by atoms with van der Waals surface area (Å²) in [6.07, 6.45) is 1.94. The Morgan fingerprint density at radius 2 is 1.74 bits per heavy atom. The van der Waals surface area contributed by atoms with Crippen molar-refractivity contribution in [3.8, 4) is 0 Å². The lowest BCUT2D eigenvalue weighted by atomic mass is 10.0. The van der Waals surface area contributed by atoms with E-state index in [0.29, 0.717) is 6.04 Å². The van der Waals surface area contributed by atoms with Crippen LogP contribution in [-0.4, -0.2) is 33.7 Å². The first-order chi connectivity index (χ1) is 11.0. The largest absolute Gasteiger partial charge is 0.338 e. The highest BCUT2D eigenvalue weighted by Gasteiger charge is 2.25. The first-order valence-corrected chi connectivity index (χ1v) is 8.35. The van der Waals surface area contributed by atoms with Gasteiger partial charge < -0.3 is 4.90 Å². The Morgan fingerprint density at radius 1 is 1.04 bits per heavy atom. The fourth-order valence-electron chi connectivity index (χ4n) is 3.39. The minimum atomic E-state index is 0.153. The predicted octanol–water partition coefficient (Wildman–Crippen LogP) is 3.59. The Hall–Kier alpha value is -2.10. The summed E-state index contributed by atoms with van der Waals surface area (Å²) in [4.78, 5) is 14.7. The maximum absolute atomic E-state index is 12.7. The molecule has 4 heteroatoms. The van der Waals surface area contributed by atoms with Gasteiger partial charge in [-0.25, -0.2) is 0 Å². The van der Waals surface area contributed by atoms with Gasteiger partial charge >= 0.3 is 0 Å². The molecule has 0 unspecified atom stereocenters. The number of amides is 1. The summed E-state index contributed by atoms with van der Waals surface area (Å²) in [6, 6.07) is 8.51. The van der Waals surface area contributed by atoms with Gasteiger partial charge in [0.25, 0.3) is 5.91 Å². The van der Waals surface area contributed by atoms with Crippen LogP contribution >= 0.6 is 0 Å². The van der Waals surface area contributed by atoms with Crippen molar-refractivity contribution in [2.45, 2.75) is 46.6 Å². The van der Waals surface area contributed by atoms with Crippen LogP contribution in [0.15, 0.2) is 24.3 Å². The van der Waals surface area contributed by atoms with Crippen LogP contribution in [0.2, 0.25) is 0 Å². The summed E-state index contributed by atoms with van der Waals surface area (Å²) in [5.74, 6) is 0.153. The molecule has 0 aliphatic carbocycles. The summed E-state index contributed by atoms with van der Waals surface area (Å²) in [5, 5.41) is 4.60. The number of carbonyl (C=O) groups is 1. The van der Waals surface area contributed by atoms with Gasteiger partial charge in [-0.3, -0.25) is 9.48 Å². The molecule has 0 N–H and O–H groups in total. The van der Waals surface area contributed by atoms with Gasteiger partial charge in [0.15, 0.2) is 0 Å². The Morgan fingerprint density at radius 3 is 2.30 bits per heavy atom. The summed E-state index contributed by atoms with van der Waals surface area (Å²) in [6.45, 7) is 9.86. The highest BCUT2D eigenvalue weighted by molar-refractivity contribution is 5.94. The van der Waals surface area contributed by atoms with Crippen LogP contribution in [-0.2, 0) is 0 Å². The number of benzene rings is 1. The van der Waals surface area contributed by atoms with Crippen LogP contribution < -0.4 is 0 Å². The average Bonchev–Trinajstić information content (AvgIpc) is 2.88. The SMILES string of the molecule is Cc1cc(C)n(C2CCN(C(=O)c3ccc(C)c(C)c3)CC2)n1. The first kappa shape index (κ1) is 15.8. The van der Waals surface area contributed by atoms with E-state index in [-0.39, 0.29) is 5.91 Å². The lowest BCUT2D eigenvalue weighted by Gasteiger charge is -2.32. The number of aryl methyl sites for hydroxylation is 4. The van der Waals surface area contributed by atoms with Crippen molar-refractivity contribution in [1.29, 1.82) is 0 Å². The minimum absolute atomic E-state index is 0.153. The molecule has 23 heavy (non-hydrogen) atoms. The Kier molecular flexibility index (Phi) is 4.24. The number of carbonyl (C=O) groups excluding carboxylic acids is 1. The smallest absolute Gasteiger partial charge is 0.253 e. The lowest BCUT2D eigenvalue weighted by molar-refractivity contribution is 0.0689. The zero-order chi connectivity index (χ0) is 16.6.